The molecule has 4 rings (SSSR count). The number of carbonyl (C=O) groups excluding carboxylic acids is 2. The van der Waals surface area contributed by atoms with Gasteiger partial charge in [-0.1, -0.05) is 12.1 Å². The highest BCUT2D eigenvalue weighted by Gasteiger charge is 2.26. The van der Waals surface area contributed by atoms with Crippen LogP contribution in [0.1, 0.15) is 16.1 Å². The molecule has 2 N–H and O–H groups in total. The molecule has 2 amide bonds. The number of rotatable bonds is 5. The Morgan fingerprint density at radius 3 is 2.80 bits per heavy atom. The van der Waals surface area contributed by atoms with E-state index >= 15 is 0 Å². The van der Waals surface area contributed by atoms with Gasteiger partial charge in [-0.15, -0.1) is 0 Å². The van der Waals surface area contributed by atoms with E-state index in [2.05, 4.69) is 20.6 Å². The van der Waals surface area contributed by atoms with Crippen LogP contribution in [0.3, 0.4) is 0 Å². The Hall–Kier alpha value is -3.94. The highest BCUT2D eigenvalue weighted by Crippen LogP contribution is 2.30. The van der Waals surface area contributed by atoms with Gasteiger partial charge in [-0.25, -0.2) is 4.98 Å². The summed E-state index contributed by atoms with van der Waals surface area (Å²) in [5, 5.41) is 5.90. The Kier molecular flexibility index (Phi) is 5.30. The van der Waals surface area contributed by atoms with Gasteiger partial charge in [0.25, 0.3) is 5.91 Å². The molecule has 0 saturated carbocycles. The van der Waals surface area contributed by atoms with Crippen LogP contribution in [0.5, 0.6) is 0 Å². The normalized spacial score (nSPS) is 12.7. The van der Waals surface area contributed by atoms with Crippen molar-refractivity contribution in [2.24, 2.45) is 0 Å². The number of aromatic nitrogens is 2. The van der Waals surface area contributed by atoms with Crippen LogP contribution in [0.25, 0.3) is 0 Å². The summed E-state index contributed by atoms with van der Waals surface area (Å²) >= 11 is 0. The minimum absolute atomic E-state index is 0.105. The van der Waals surface area contributed by atoms with E-state index in [1.165, 1.54) is 6.20 Å². The van der Waals surface area contributed by atoms with Crippen molar-refractivity contribution in [1.29, 1.82) is 0 Å². The summed E-state index contributed by atoms with van der Waals surface area (Å²) in [6.45, 7) is 0.460. The summed E-state index contributed by atoms with van der Waals surface area (Å²) in [4.78, 5) is 37.6. The van der Waals surface area contributed by atoms with E-state index in [1.807, 2.05) is 61.5 Å². The van der Waals surface area contributed by atoms with Crippen molar-refractivity contribution >= 4 is 34.7 Å². The second-order valence-corrected chi connectivity index (χ2v) is 7.15. The van der Waals surface area contributed by atoms with Crippen molar-refractivity contribution in [2.45, 2.75) is 6.54 Å². The van der Waals surface area contributed by atoms with Crippen LogP contribution in [-0.2, 0) is 11.3 Å². The molecular formula is C22H22N6O2. The van der Waals surface area contributed by atoms with Crippen molar-refractivity contribution < 1.29 is 9.59 Å². The largest absolute Gasteiger partial charge is 0.378 e. The van der Waals surface area contributed by atoms with Crippen molar-refractivity contribution in [3.05, 3.63) is 72.2 Å². The Morgan fingerprint density at radius 1 is 1.17 bits per heavy atom. The predicted molar refractivity (Wildman–Crippen MR) is 117 cm³/mol. The van der Waals surface area contributed by atoms with Crippen LogP contribution in [0.4, 0.5) is 22.9 Å². The number of nitrogens with one attached hydrogen (secondary N) is 2. The van der Waals surface area contributed by atoms with Crippen LogP contribution < -0.4 is 20.4 Å². The fourth-order valence-corrected chi connectivity index (χ4v) is 3.20. The lowest BCUT2D eigenvalue weighted by atomic mass is 10.1. The fraction of sp³-hybridized carbons (Fsp3) is 0.182. The SMILES string of the molecule is CN(C)c1cccc(NC(=O)c2cnc3c(c2)N(Cc2ccccn2)C(=O)CN3)c1. The molecule has 3 heterocycles. The molecule has 152 valence electrons. The molecule has 1 aromatic carbocycles. The number of amides is 2. The van der Waals surface area contributed by atoms with Crippen LogP contribution in [-0.4, -0.2) is 42.4 Å². The molecular weight excluding hydrogens is 380 g/mol. The number of pyridine rings is 2. The maximum Gasteiger partial charge on any atom is 0.257 e. The number of carbonyl (C=O) groups is 2. The monoisotopic (exact) mass is 402 g/mol. The first-order valence-electron chi connectivity index (χ1n) is 9.54. The molecule has 30 heavy (non-hydrogen) atoms. The van der Waals surface area contributed by atoms with Gasteiger partial charge in [-0.2, -0.15) is 0 Å². The van der Waals surface area contributed by atoms with Gasteiger partial charge in [-0.3, -0.25) is 14.6 Å². The molecule has 3 aromatic rings. The molecule has 0 atom stereocenters. The van der Waals surface area contributed by atoms with E-state index in [-0.39, 0.29) is 18.4 Å². The Labute approximate surface area is 174 Å². The summed E-state index contributed by atoms with van der Waals surface area (Å²) in [5.41, 5.74) is 3.35. The van der Waals surface area contributed by atoms with Gasteiger partial charge >= 0.3 is 0 Å². The van der Waals surface area contributed by atoms with Gasteiger partial charge in [0.1, 0.15) is 0 Å². The Bertz CT molecular complexity index is 1080. The molecule has 2 aromatic heterocycles. The predicted octanol–water partition coefficient (Wildman–Crippen LogP) is 2.75. The lowest BCUT2D eigenvalue weighted by molar-refractivity contribution is -0.117. The average molecular weight is 402 g/mol. The first-order valence-corrected chi connectivity index (χ1v) is 9.54. The molecule has 1 aliphatic rings. The number of anilines is 4. The second-order valence-electron chi connectivity index (χ2n) is 7.15. The van der Waals surface area contributed by atoms with Gasteiger partial charge < -0.3 is 20.4 Å². The molecule has 0 radical (unpaired) electrons. The second kappa shape index (κ2) is 8.20. The zero-order chi connectivity index (χ0) is 21.1. The van der Waals surface area contributed by atoms with Crippen molar-refractivity contribution in [3.63, 3.8) is 0 Å². The van der Waals surface area contributed by atoms with E-state index < -0.39 is 0 Å². The minimum Gasteiger partial charge on any atom is -0.378 e. The molecule has 8 heteroatoms. The van der Waals surface area contributed by atoms with Gasteiger partial charge in [0.15, 0.2) is 5.82 Å². The molecule has 0 fully saturated rings. The van der Waals surface area contributed by atoms with Crippen LogP contribution in [0.2, 0.25) is 0 Å². The molecule has 1 aliphatic heterocycles. The maximum absolute atomic E-state index is 12.8. The third kappa shape index (κ3) is 4.07. The molecule has 0 unspecified atom stereocenters. The van der Waals surface area contributed by atoms with Crippen molar-refractivity contribution in [3.8, 4) is 0 Å². The standard InChI is InChI=1S/C22H22N6O2/c1-27(2)18-8-5-7-16(11-18)26-22(30)15-10-19-21(24-12-15)25-13-20(29)28(19)14-17-6-3-4-9-23-17/h3-12H,13-14H2,1-2H3,(H,24,25)(H,26,30). The number of fused-ring (bicyclic) bond motifs is 1. The Balaban J connectivity index is 1.59. The number of benzene rings is 1. The highest BCUT2D eigenvalue weighted by atomic mass is 16.2. The average Bonchev–Trinajstić information content (AvgIpc) is 2.76. The lowest BCUT2D eigenvalue weighted by Crippen LogP contribution is -2.40. The molecule has 0 aliphatic carbocycles. The summed E-state index contributed by atoms with van der Waals surface area (Å²) in [7, 11) is 3.88. The third-order valence-corrected chi connectivity index (χ3v) is 4.80. The zero-order valence-corrected chi connectivity index (χ0v) is 16.8. The topological polar surface area (TPSA) is 90.5 Å². The third-order valence-electron chi connectivity index (χ3n) is 4.80. The van der Waals surface area contributed by atoms with Gasteiger partial charge in [0, 0.05) is 37.9 Å². The van der Waals surface area contributed by atoms with Crippen LogP contribution in [0, 0.1) is 0 Å². The first kappa shape index (κ1) is 19.4. The fourth-order valence-electron chi connectivity index (χ4n) is 3.20. The van der Waals surface area contributed by atoms with Crippen molar-refractivity contribution in [2.75, 3.05) is 41.1 Å². The van der Waals surface area contributed by atoms with E-state index in [1.54, 1.807) is 17.2 Å². The molecule has 0 saturated heterocycles. The van der Waals surface area contributed by atoms with E-state index in [0.29, 0.717) is 29.3 Å². The van der Waals surface area contributed by atoms with Gasteiger partial charge in [0.05, 0.1) is 30.0 Å². The number of hydrogen-bond donors (Lipinski definition) is 2. The van der Waals surface area contributed by atoms with Gasteiger partial charge in [0.2, 0.25) is 5.91 Å². The summed E-state index contributed by atoms with van der Waals surface area (Å²) in [5.74, 6) is 0.167. The van der Waals surface area contributed by atoms with E-state index in [0.717, 1.165) is 11.4 Å². The van der Waals surface area contributed by atoms with Gasteiger partial charge in [-0.05, 0) is 36.4 Å². The van der Waals surface area contributed by atoms with E-state index in [4.69, 9.17) is 0 Å². The van der Waals surface area contributed by atoms with Crippen LogP contribution in [0.15, 0.2) is 60.9 Å². The zero-order valence-electron chi connectivity index (χ0n) is 16.8. The summed E-state index contributed by atoms with van der Waals surface area (Å²) < 4.78 is 0. The summed E-state index contributed by atoms with van der Waals surface area (Å²) in [6.07, 6.45) is 3.19. The van der Waals surface area contributed by atoms with E-state index in [9.17, 15) is 9.59 Å². The minimum atomic E-state index is -0.294. The molecule has 0 spiro atoms. The van der Waals surface area contributed by atoms with Crippen LogP contribution >= 0.6 is 0 Å². The number of hydrogen-bond acceptors (Lipinski definition) is 6. The number of nitrogens with zero attached hydrogens (tertiary/aromatic N) is 4. The lowest BCUT2D eigenvalue weighted by Gasteiger charge is -2.29. The Morgan fingerprint density at radius 2 is 2.03 bits per heavy atom. The highest BCUT2D eigenvalue weighted by molar-refractivity contribution is 6.07. The first-order chi connectivity index (χ1) is 14.5. The molecule has 8 nitrogen and oxygen atoms in total. The molecule has 0 bridgehead atoms. The quantitative estimate of drug-likeness (QED) is 0.682. The smallest absolute Gasteiger partial charge is 0.257 e. The maximum atomic E-state index is 12.8. The van der Waals surface area contributed by atoms with Crippen molar-refractivity contribution in [1.82, 2.24) is 9.97 Å². The summed E-state index contributed by atoms with van der Waals surface area (Å²) in [6, 6.07) is 14.8.